The van der Waals surface area contributed by atoms with E-state index in [1.165, 1.54) is 0 Å². The number of para-hydroxylation sites is 1. The Morgan fingerprint density at radius 3 is 2.31 bits per heavy atom. The van der Waals surface area contributed by atoms with Crippen LogP contribution in [-0.2, 0) is 16.1 Å². The average Bonchev–Trinajstić information content (AvgIpc) is 2.91. The van der Waals surface area contributed by atoms with Crippen LogP contribution in [0.3, 0.4) is 0 Å². The van der Waals surface area contributed by atoms with Crippen molar-refractivity contribution in [2.24, 2.45) is 0 Å². The fraction of sp³-hybridized carbons (Fsp3) is 0.310. The Morgan fingerprint density at radius 2 is 1.64 bits per heavy atom. The molecule has 0 spiro atoms. The van der Waals surface area contributed by atoms with E-state index >= 15 is 0 Å². The summed E-state index contributed by atoms with van der Waals surface area (Å²) in [5, 5.41) is 3.44. The molecule has 3 aromatic rings. The second-order valence-electron chi connectivity index (χ2n) is 8.40. The maximum absolute atomic E-state index is 13.6. The minimum Gasteiger partial charge on any atom is -0.497 e. The quantitative estimate of drug-likeness (QED) is 0.296. The Balaban J connectivity index is 1.90. The molecule has 0 aromatic heterocycles. The lowest BCUT2D eigenvalue weighted by Crippen LogP contribution is -2.45. The highest BCUT2D eigenvalue weighted by atomic mass is 35.5. The normalized spacial score (nSPS) is 11.4. The third-order valence-electron chi connectivity index (χ3n) is 5.78. The molecule has 0 unspecified atom stereocenters. The molecule has 6 nitrogen and oxygen atoms in total. The number of hydrogen-bond donors (Lipinski definition) is 1. The number of amides is 2. The molecule has 0 aliphatic rings. The smallest absolute Gasteiger partial charge is 0.261 e. The van der Waals surface area contributed by atoms with Gasteiger partial charge >= 0.3 is 0 Å². The van der Waals surface area contributed by atoms with Crippen LogP contribution in [0.2, 0.25) is 5.02 Å². The average molecular weight is 509 g/mol. The monoisotopic (exact) mass is 508 g/mol. The molecule has 0 saturated heterocycles. The lowest BCUT2D eigenvalue weighted by atomic mass is 10.0. The predicted octanol–water partition coefficient (Wildman–Crippen LogP) is 5.80. The number of ether oxygens (including phenoxy) is 2. The lowest BCUT2D eigenvalue weighted by Gasteiger charge is -2.31. The summed E-state index contributed by atoms with van der Waals surface area (Å²) in [5.74, 6) is 0.573. The third-order valence-corrected chi connectivity index (χ3v) is 6.09. The van der Waals surface area contributed by atoms with E-state index in [2.05, 4.69) is 12.2 Å². The zero-order valence-corrected chi connectivity index (χ0v) is 21.5. The summed E-state index contributed by atoms with van der Waals surface area (Å²) >= 11 is 6.21. The van der Waals surface area contributed by atoms with E-state index in [1.807, 2.05) is 54.6 Å². The molecule has 36 heavy (non-hydrogen) atoms. The molecule has 1 N–H and O–H groups in total. The molecule has 0 radical (unpaired) electrons. The Bertz CT molecular complexity index is 1110. The number of unbranched alkanes of at least 4 members (excludes halogenated alkanes) is 2. The zero-order chi connectivity index (χ0) is 25.8. The van der Waals surface area contributed by atoms with Crippen molar-refractivity contribution in [2.75, 3.05) is 20.3 Å². The van der Waals surface area contributed by atoms with Crippen LogP contribution in [0.5, 0.6) is 11.5 Å². The highest BCUT2D eigenvalue weighted by molar-refractivity contribution is 6.32. The molecule has 0 aliphatic heterocycles. The fourth-order valence-electron chi connectivity index (χ4n) is 3.83. The maximum atomic E-state index is 13.6. The van der Waals surface area contributed by atoms with Crippen molar-refractivity contribution in [1.82, 2.24) is 10.2 Å². The first-order valence-corrected chi connectivity index (χ1v) is 12.5. The first-order chi connectivity index (χ1) is 17.5. The van der Waals surface area contributed by atoms with Gasteiger partial charge in [0.1, 0.15) is 17.5 Å². The maximum Gasteiger partial charge on any atom is 0.261 e. The van der Waals surface area contributed by atoms with E-state index in [0.717, 1.165) is 30.4 Å². The summed E-state index contributed by atoms with van der Waals surface area (Å²) in [7, 11) is 1.60. The van der Waals surface area contributed by atoms with Crippen molar-refractivity contribution in [1.29, 1.82) is 0 Å². The van der Waals surface area contributed by atoms with Crippen molar-refractivity contribution >= 4 is 23.4 Å². The van der Waals surface area contributed by atoms with Gasteiger partial charge in [0.25, 0.3) is 5.91 Å². The number of benzene rings is 3. The summed E-state index contributed by atoms with van der Waals surface area (Å²) in [6.45, 7) is 2.63. The van der Waals surface area contributed by atoms with Gasteiger partial charge in [0.15, 0.2) is 6.61 Å². The molecule has 0 heterocycles. The number of methoxy groups -OCH3 is 1. The standard InChI is InChI=1S/C29H33ClN2O4/c1-3-4-10-19-31-29(34)28(23-11-6-5-7-12-23)32(20-22-15-17-24(35-2)18-16-22)27(33)21-36-26-14-9-8-13-25(26)30/h5-9,11-18,28H,3-4,10,19-21H2,1-2H3,(H,31,34)/t28-/m1/s1. The van der Waals surface area contributed by atoms with Gasteiger partial charge in [-0.2, -0.15) is 0 Å². The van der Waals surface area contributed by atoms with Crippen LogP contribution in [0.4, 0.5) is 0 Å². The molecule has 7 heteroatoms. The summed E-state index contributed by atoms with van der Waals surface area (Å²) in [6, 6.07) is 22.9. The summed E-state index contributed by atoms with van der Waals surface area (Å²) in [6.07, 6.45) is 2.96. The van der Waals surface area contributed by atoms with Crippen LogP contribution in [0, 0.1) is 0 Å². The SMILES string of the molecule is CCCCCNC(=O)[C@@H](c1ccccc1)N(Cc1ccc(OC)cc1)C(=O)COc1ccccc1Cl. The van der Waals surface area contributed by atoms with Crippen molar-refractivity contribution in [3.63, 3.8) is 0 Å². The molecular weight excluding hydrogens is 476 g/mol. The first kappa shape index (κ1) is 27.1. The van der Waals surface area contributed by atoms with Crippen molar-refractivity contribution < 1.29 is 19.1 Å². The zero-order valence-electron chi connectivity index (χ0n) is 20.8. The molecule has 0 fully saturated rings. The van der Waals surface area contributed by atoms with Gasteiger partial charge in [-0.15, -0.1) is 0 Å². The Morgan fingerprint density at radius 1 is 0.944 bits per heavy atom. The second-order valence-corrected chi connectivity index (χ2v) is 8.81. The van der Waals surface area contributed by atoms with Crippen molar-refractivity contribution in [2.45, 2.75) is 38.8 Å². The number of hydrogen-bond acceptors (Lipinski definition) is 4. The molecule has 0 bridgehead atoms. The van der Waals surface area contributed by atoms with E-state index in [4.69, 9.17) is 21.1 Å². The van der Waals surface area contributed by atoms with Crippen LogP contribution in [-0.4, -0.2) is 37.0 Å². The van der Waals surface area contributed by atoms with Gasteiger partial charge in [0.2, 0.25) is 5.91 Å². The molecule has 190 valence electrons. The summed E-state index contributed by atoms with van der Waals surface area (Å²) in [5.41, 5.74) is 1.59. The van der Waals surface area contributed by atoms with Gasteiger partial charge < -0.3 is 19.7 Å². The molecule has 2 amide bonds. The minimum absolute atomic E-state index is 0.219. The molecule has 3 rings (SSSR count). The lowest BCUT2D eigenvalue weighted by molar-refractivity contribution is -0.143. The van der Waals surface area contributed by atoms with Gasteiger partial charge in [0, 0.05) is 13.1 Å². The molecule has 0 saturated carbocycles. The third kappa shape index (κ3) is 7.75. The van der Waals surface area contributed by atoms with E-state index in [9.17, 15) is 9.59 Å². The largest absolute Gasteiger partial charge is 0.497 e. The van der Waals surface area contributed by atoms with Gasteiger partial charge in [-0.1, -0.05) is 86.0 Å². The highest BCUT2D eigenvalue weighted by Crippen LogP contribution is 2.27. The van der Waals surface area contributed by atoms with E-state index < -0.39 is 6.04 Å². The molecular formula is C29H33ClN2O4. The van der Waals surface area contributed by atoms with Crippen LogP contribution in [0.15, 0.2) is 78.9 Å². The molecule has 3 aromatic carbocycles. The number of carbonyl (C=O) groups is 2. The number of carbonyl (C=O) groups excluding carboxylic acids is 2. The Labute approximate surface area is 218 Å². The van der Waals surface area contributed by atoms with E-state index in [1.54, 1.807) is 36.3 Å². The topological polar surface area (TPSA) is 67.9 Å². The fourth-order valence-corrected chi connectivity index (χ4v) is 4.02. The Kier molecular flexibility index (Phi) is 10.6. The minimum atomic E-state index is -0.822. The van der Waals surface area contributed by atoms with E-state index in [-0.39, 0.29) is 25.0 Å². The van der Waals surface area contributed by atoms with Gasteiger partial charge in [-0.3, -0.25) is 9.59 Å². The number of nitrogens with zero attached hydrogens (tertiary/aromatic N) is 1. The predicted molar refractivity (Wildman–Crippen MR) is 142 cm³/mol. The van der Waals surface area contributed by atoms with Gasteiger partial charge in [-0.05, 0) is 41.8 Å². The summed E-state index contributed by atoms with van der Waals surface area (Å²) < 4.78 is 11.0. The van der Waals surface area contributed by atoms with Crippen LogP contribution in [0.25, 0.3) is 0 Å². The Hall–Kier alpha value is -3.51. The van der Waals surface area contributed by atoms with Crippen LogP contribution >= 0.6 is 11.6 Å². The van der Waals surface area contributed by atoms with Gasteiger partial charge in [0.05, 0.1) is 12.1 Å². The first-order valence-electron chi connectivity index (χ1n) is 12.2. The van der Waals surface area contributed by atoms with Gasteiger partial charge in [-0.25, -0.2) is 0 Å². The molecule has 0 aliphatic carbocycles. The number of halogens is 1. The van der Waals surface area contributed by atoms with E-state index in [0.29, 0.717) is 23.1 Å². The van der Waals surface area contributed by atoms with Crippen molar-refractivity contribution in [3.05, 3.63) is 95.0 Å². The van der Waals surface area contributed by atoms with Crippen LogP contribution in [0.1, 0.15) is 43.4 Å². The van der Waals surface area contributed by atoms with Crippen molar-refractivity contribution in [3.8, 4) is 11.5 Å². The summed E-state index contributed by atoms with van der Waals surface area (Å²) in [4.78, 5) is 28.6. The molecule has 1 atom stereocenters. The second kappa shape index (κ2) is 14.1. The highest BCUT2D eigenvalue weighted by Gasteiger charge is 2.31. The number of rotatable bonds is 13. The number of nitrogens with one attached hydrogen (secondary N) is 1. The van der Waals surface area contributed by atoms with Crippen LogP contribution < -0.4 is 14.8 Å².